The highest BCUT2D eigenvalue weighted by molar-refractivity contribution is 5.26. The molecule has 0 spiro atoms. The number of rotatable bonds is 6. The van der Waals surface area contributed by atoms with Crippen LogP contribution in [0.25, 0.3) is 0 Å². The van der Waals surface area contributed by atoms with Crippen molar-refractivity contribution in [3.8, 4) is 11.6 Å². The lowest BCUT2D eigenvalue weighted by Crippen LogP contribution is -2.53. The molecule has 0 N–H and O–H groups in total. The maximum absolute atomic E-state index is 5.95. The molecule has 0 amide bonds. The third kappa shape index (κ3) is 3.77. The van der Waals surface area contributed by atoms with Gasteiger partial charge in [-0.3, -0.25) is 4.90 Å². The molecule has 0 atom stereocenters. The number of aromatic nitrogens is 1. The van der Waals surface area contributed by atoms with Crippen LogP contribution in [0.2, 0.25) is 0 Å². The van der Waals surface area contributed by atoms with E-state index in [0.29, 0.717) is 18.6 Å². The molecule has 0 aliphatic carbocycles. The number of aryl methyl sites for hydroxylation is 1. The van der Waals surface area contributed by atoms with Gasteiger partial charge in [0.1, 0.15) is 11.9 Å². The molecule has 116 valence electrons. The predicted molar refractivity (Wildman–Crippen MR) is 86.3 cm³/mol. The molecule has 0 saturated carbocycles. The molecular formula is C18H22N2O2. The second-order valence-corrected chi connectivity index (χ2v) is 5.68. The molecule has 1 aliphatic heterocycles. The predicted octanol–water partition coefficient (Wildman–Crippen LogP) is 3.05. The Kier molecular flexibility index (Phi) is 4.59. The molecule has 2 aromatic rings. The molecule has 0 radical (unpaired) electrons. The Labute approximate surface area is 131 Å². The van der Waals surface area contributed by atoms with Crippen molar-refractivity contribution in [3.05, 3.63) is 53.7 Å². The van der Waals surface area contributed by atoms with Gasteiger partial charge < -0.3 is 9.47 Å². The Morgan fingerprint density at radius 1 is 1.14 bits per heavy atom. The molecule has 0 unspecified atom stereocenters. The lowest BCUT2D eigenvalue weighted by atomic mass is 10.1. The van der Waals surface area contributed by atoms with Gasteiger partial charge in [-0.1, -0.05) is 23.8 Å². The van der Waals surface area contributed by atoms with E-state index in [9.17, 15) is 0 Å². The summed E-state index contributed by atoms with van der Waals surface area (Å²) in [6, 6.07) is 12.2. The van der Waals surface area contributed by atoms with Gasteiger partial charge in [-0.05, 0) is 31.5 Å². The first-order valence-corrected chi connectivity index (χ1v) is 7.76. The van der Waals surface area contributed by atoms with Gasteiger partial charge in [-0.25, -0.2) is 4.98 Å². The highest BCUT2D eigenvalue weighted by atomic mass is 16.5. The molecule has 4 heteroatoms. The fourth-order valence-corrected chi connectivity index (χ4v) is 2.53. The van der Waals surface area contributed by atoms with E-state index in [0.717, 1.165) is 25.4 Å². The van der Waals surface area contributed by atoms with Crippen LogP contribution in [0.3, 0.4) is 0 Å². The monoisotopic (exact) mass is 298 g/mol. The summed E-state index contributed by atoms with van der Waals surface area (Å²) in [5.41, 5.74) is 2.46. The molecular weight excluding hydrogens is 276 g/mol. The number of hydrogen-bond acceptors (Lipinski definition) is 4. The molecule has 3 rings (SSSR count). The van der Waals surface area contributed by atoms with Crippen LogP contribution < -0.4 is 9.47 Å². The number of nitrogens with zero attached hydrogens (tertiary/aromatic N) is 2. The van der Waals surface area contributed by atoms with E-state index in [1.54, 1.807) is 0 Å². The quantitative estimate of drug-likeness (QED) is 0.821. The minimum Gasteiger partial charge on any atom is -0.488 e. The van der Waals surface area contributed by atoms with Crippen LogP contribution in [0.4, 0.5) is 0 Å². The van der Waals surface area contributed by atoms with E-state index in [2.05, 4.69) is 35.0 Å². The Morgan fingerprint density at radius 2 is 1.91 bits per heavy atom. The minimum atomic E-state index is 0.290. The average Bonchev–Trinajstić information content (AvgIpc) is 2.49. The van der Waals surface area contributed by atoms with E-state index in [-0.39, 0.29) is 0 Å². The molecule has 1 aromatic heterocycles. The highest BCUT2D eigenvalue weighted by Crippen LogP contribution is 2.20. The van der Waals surface area contributed by atoms with Gasteiger partial charge in [0.15, 0.2) is 0 Å². The largest absolute Gasteiger partial charge is 0.488 e. The van der Waals surface area contributed by atoms with Crippen molar-refractivity contribution >= 4 is 0 Å². The van der Waals surface area contributed by atoms with Gasteiger partial charge in [0.05, 0.1) is 6.61 Å². The molecule has 1 aromatic carbocycles. The zero-order valence-electron chi connectivity index (χ0n) is 13.2. The first-order valence-electron chi connectivity index (χ1n) is 7.76. The van der Waals surface area contributed by atoms with E-state index in [4.69, 9.17) is 9.47 Å². The van der Waals surface area contributed by atoms with Gasteiger partial charge >= 0.3 is 0 Å². The maximum Gasteiger partial charge on any atom is 0.213 e. The molecule has 1 saturated heterocycles. The lowest BCUT2D eigenvalue weighted by molar-refractivity contribution is 0.0145. The van der Waals surface area contributed by atoms with Crippen LogP contribution in [-0.4, -0.2) is 35.7 Å². The van der Waals surface area contributed by atoms with Crippen LogP contribution in [0.5, 0.6) is 11.6 Å². The maximum atomic E-state index is 5.95. The average molecular weight is 298 g/mol. The van der Waals surface area contributed by atoms with Crippen LogP contribution >= 0.6 is 0 Å². The van der Waals surface area contributed by atoms with Crippen molar-refractivity contribution in [2.24, 2.45) is 0 Å². The summed E-state index contributed by atoms with van der Waals surface area (Å²) >= 11 is 0. The number of benzene rings is 1. The van der Waals surface area contributed by atoms with Crippen LogP contribution in [0, 0.1) is 6.92 Å². The summed E-state index contributed by atoms with van der Waals surface area (Å²) < 4.78 is 11.3. The van der Waals surface area contributed by atoms with Crippen molar-refractivity contribution in [3.63, 3.8) is 0 Å². The third-order valence-electron chi connectivity index (χ3n) is 3.74. The standard InChI is InChI=1S/C18H22N2O2/c1-3-21-18-9-6-15(10-19-18)11-20-12-17(13-20)22-16-7-4-14(2)5-8-16/h4-10,17H,3,11-13H2,1-2H3. The fourth-order valence-electron chi connectivity index (χ4n) is 2.53. The molecule has 0 bridgehead atoms. The summed E-state index contributed by atoms with van der Waals surface area (Å²) in [6.45, 7) is 7.52. The summed E-state index contributed by atoms with van der Waals surface area (Å²) in [5, 5.41) is 0. The van der Waals surface area contributed by atoms with Crippen molar-refractivity contribution in [1.29, 1.82) is 0 Å². The van der Waals surface area contributed by atoms with Crippen LogP contribution in [-0.2, 0) is 6.54 Å². The first kappa shape index (κ1) is 14.9. The smallest absolute Gasteiger partial charge is 0.213 e. The van der Waals surface area contributed by atoms with Gasteiger partial charge in [0.2, 0.25) is 5.88 Å². The Balaban J connectivity index is 1.44. The van der Waals surface area contributed by atoms with Crippen LogP contribution in [0.1, 0.15) is 18.1 Å². The van der Waals surface area contributed by atoms with Crippen molar-refractivity contribution in [1.82, 2.24) is 9.88 Å². The summed E-state index contributed by atoms with van der Waals surface area (Å²) in [7, 11) is 0. The SMILES string of the molecule is CCOc1ccc(CN2CC(Oc3ccc(C)cc3)C2)cn1. The summed E-state index contributed by atoms with van der Waals surface area (Å²) in [5.74, 6) is 1.65. The van der Waals surface area contributed by atoms with E-state index < -0.39 is 0 Å². The Bertz CT molecular complexity index is 589. The van der Waals surface area contributed by atoms with Gasteiger partial charge in [-0.15, -0.1) is 0 Å². The second-order valence-electron chi connectivity index (χ2n) is 5.68. The first-order chi connectivity index (χ1) is 10.7. The molecule has 1 fully saturated rings. The minimum absolute atomic E-state index is 0.290. The zero-order valence-corrected chi connectivity index (χ0v) is 13.2. The van der Waals surface area contributed by atoms with Crippen molar-refractivity contribution in [2.45, 2.75) is 26.5 Å². The number of hydrogen-bond donors (Lipinski definition) is 0. The van der Waals surface area contributed by atoms with E-state index in [1.807, 2.05) is 31.3 Å². The van der Waals surface area contributed by atoms with Crippen molar-refractivity contribution in [2.75, 3.05) is 19.7 Å². The molecule has 2 heterocycles. The topological polar surface area (TPSA) is 34.6 Å². The van der Waals surface area contributed by atoms with Gasteiger partial charge in [-0.2, -0.15) is 0 Å². The third-order valence-corrected chi connectivity index (χ3v) is 3.74. The number of ether oxygens (including phenoxy) is 2. The van der Waals surface area contributed by atoms with Crippen molar-refractivity contribution < 1.29 is 9.47 Å². The van der Waals surface area contributed by atoms with Gasteiger partial charge in [0, 0.05) is 31.9 Å². The Hall–Kier alpha value is -2.07. The van der Waals surface area contributed by atoms with Gasteiger partial charge in [0.25, 0.3) is 0 Å². The number of likely N-dealkylation sites (tertiary alicyclic amines) is 1. The Morgan fingerprint density at radius 3 is 2.55 bits per heavy atom. The normalized spacial score (nSPS) is 15.4. The lowest BCUT2D eigenvalue weighted by Gasteiger charge is -2.39. The molecule has 1 aliphatic rings. The summed E-state index contributed by atoms with van der Waals surface area (Å²) in [4.78, 5) is 6.65. The fraction of sp³-hybridized carbons (Fsp3) is 0.389. The highest BCUT2D eigenvalue weighted by Gasteiger charge is 2.28. The van der Waals surface area contributed by atoms with E-state index >= 15 is 0 Å². The number of pyridine rings is 1. The second kappa shape index (κ2) is 6.79. The molecule has 4 nitrogen and oxygen atoms in total. The van der Waals surface area contributed by atoms with Crippen LogP contribution in [0.15, 0.2) is 42.6 Å². The summed E-state index contributed by atoms with van der Waals surface area (Å²) in [6.07, 6.45) is 2.18. The zero-order chi connectivity index (χ0) is 15.4. The van der Waals surface area contributed by atoms with E-state index in [1.165, 1.54) is 11.1 Å². The molecule has 22 heavy (non-hydrogen) atoms.